The Bertz CT molecular complexity index is 462. The van der Waals surface area contributed by atoms with E-state index in [9.17, 15) is 0 Å². The number of aliphatic hydroxyl groups excluding tert-OH is 1. The van der Waals surface area contributed by atoms with Crippen LogP contribution in [-0.2, 0) is 6.42 Å². The van der Waals surface area contributed by atoms with Crippen molar-refractivity contribution in [2.75, 3.05) is 13.2 Å². The summed E-state index contributed by atoms with van der Waals surface area (Å²) in [5.74, 6) is 1.53. The largest absolute Gasteiger partial charge is 0.494 e. The van der Waals surface area contributed by atoms with Crippen LogP contribution in [0.25, 0.3) is 11.3 Å². The summed E-state index contributed by atoms with van der Waals surface area (Å²) < 4.78 is 10.5. The second-order valence-electron chi connectivity index (χ2n) is 3.61. The van der Waals surface area contributed by atoms with E-state index in [0.29, 0.717) is 18.8 Å². The molecule has 0 fully saturated rings. The topological polar surface area (TPSA) is 55.5 Å². The van der Waals surface area contributed by atoms with Gasteiger partial charge in [0.15, 0.2) is 0 Å². The summed E-state index contributed by atoms with van der Waals surface area (Å²) in [6.45, 7) is 2.68. The van der Waals surface area contributed by atoms with E-state index < -0.39 is 0 Å². The fraction of sp³-hybridized carbons (Fsp3) is 0.308. The maximum Gasteiger partial charge on any atom is 0.139 e. The zero-order valence-corrected chi connectivity index (χ0v) is 9.72. The van der Waals surface area contributed by atoms with Crippen LogP contribution in [0.5, 0.6) is 5.75 Å². The summed E-state index contributed by atoms with van der Waals surface area (Å²) in [5.41, 5.74) is 1.75. The van der Waals surface area contributed by atoms with E-state index in [1.807, 2.05) is 37.3 Å². The van der Waals surface area contributed by atoms with Crippen LogP contribution >= 0.6 is 0 Å². The predicted molar refractivity (Wildman–Crippen MR) is 63.9 cm³/mol. The molecule has 1 aromatic carbocycles. The van der Waals surface area contributed by atoms with Gasteiger partial charge in [-0.2, -0.15) is 0 Å². The van der Waals surface area contributed by atoms with Crippen LogP contribution in [0, 0.1) is 0 Å². The molecular weight excluding hydrogens is 218 g/mol. The number of rotatable bonds is 5. The summed E-state index contributed by atoms with van der Waals surface area (Å²) in [6, 6.07) is 9.52. The van der Waals surface area contributed by atoms with Gasteiger partial charge < -0.3 is 14.4 Å². The lowest BCUT2D eigenvalue weighted by molar-refractivity contribution is 0.277. The maximum atomic E-state index is 8.79. The summed E-state index contributed by atoms with van der Waals surface area (Å²) in [7, 11) is 0. The fourth-order valence-corrected chi connectivity index (χ4v) is 1.57. The fourth-order valence-electron chi connectivity index (χ4n) is 1.57. The Morgan fingerprint density at radius 1 is 1.29 bits per heavy atom. The van der Waals surface area contributed by atoms with Crippen LogP contribution in [0.15, 0.2) is 34.9 Å². The Morgan fingerprint density at radius 3 is 2.71 bits per heavy atom. The van der Waals surface area contributed by atoms with Gasteiger partial charge in [-0.05, 0) is 31.2 Å². The van der Waals surface area contributed by atoms with Crippen molar-refractivity contribution >= 4 is 0 Å². The number of ether oxygens (including phenoxy) is 1. The SMILES string of the molecule is CCOc1ccc(-c2cc(CCO)on2)cc1. The first-order valence-corrected chi connectivity index (χ1v) is 5.63. The standard InChI is InChI=1S/C13H15NO3/c1-2-16-11-5-3-10(4-6-11)13-9-12(7-8-15)17-14-13/h3-6,9,15H,2,7-8H2,1H3. The molecule has 0 aliphatic carbocycles. The lowest BCUT2D eigenvalue weighted by Crippen LogP contribution is -1.90. The first kappa shape index (κ1) is 11.7. The van der Waals surface area contributed by atoms with Crippen LogP contribution in [-0.4, -0.2) is 23.5 Å². The highest BCUT2D eigenvalue weighted by Crippen LogP contribution is 2.22. The molecule has 2 aromatic rings. The molecule has 0 aliphatic heterocycles. The van der Waals surface area contributed by atoms with E-state index in [0.717, 1.165) is 17.0 Å². The third-order valence-electron chi connectivity index (χ3n) is 2.38. The molecule has 2 rings (SSSR count). The van der Waals surface area contributed by atoms with Gasteiger partial charge in [0.1, 0.15) is 17.2 Å². The van der Waals surface area contributed by atoms with Gasteiger partial charge in [0.2, 0.25) is 0 Å². The average Bonchev–Trinajstić information content (AvgIpc) is 2.80. The van der Waals surface area contributed by atoms with Crippen molar-refractivity contribution in [2.24, 2.45) is 0 Å². The van der Waals surface area contributed by atoms with E-state index in [1.54, 1.807) is 0 Å². The number of aliphatic hydroxyl groups is 1. The Hall–Kier alpha value is -1.81. The Morgan fingerprint density at radius 2 is 2.06 bits per heavy atom. The molecule has 4 heteroatoms. The first-order valence-electron chi connectivity index (χ1n) is 5.63. The molecule has 0 unspecified atom stereocenters. The molecule has 0 atom stereocenters. The number of aromatic nitrogens is 1. The Kier molecular flexibility index (Phi) is 3.77. The monoisotopic (exact) mass is 233 g/mol. The first-order chi connectivity index (χ1) is 8.33. The molecule has 1 N–H and O–H groups in total. The number of hydrogen-bond acceptors (Lipinski definition) is 4. The van der Waals surface area contributed by atoms with Gasteiger partial charge in [0.25, 0.3) is 0 Å². The van der Waals surface area contributed by atoms with Crippen molar-refractivity contribution in [3.63, 3.8) is 0 Å². The second kappa shape index (κ2) is 5.50. The molecule has 1 heterocycles. The third-order valence-corrected chi connectivity index (χ3v) is 2.38. The van der Waals surface area contributed by atoms with Gasteiger partial charge in [0.05, 0.1) is 13.2 Å². The lowest BCUT2D eigenvalue weighted by atomic mass is 10.1. The van der Waals surface area contributed by atoms with Crippen LogP contribution in [0.4, 0.5) is 0 Å². The van der Waals surface area contributed by atoms with E-state index in [-0.39, 0.29) is 6.61 Å². The Labute approximate surface area is 99.8 Å². The molecule has 1 aromatic heterocycles. The lowest BCUT2D eigenvalue weighted by Gasteiger charge is -2.02. The van der Waals surface area contributed by atoms with Gasteiger partial charge >= 0.3 is 0 Å². The van der Waals surface area contributed by atoms with Crippen molar-refractivity contribution in [1.29, 1.82) is 0 Å². The van der Waals surface area contributed by atoms with Gasteiger partial charge in [-0.25, -0.2) is 0 Å². The highest BCUT2D eigenvalue weighted by molar-refractivity contribution is 5.59. The van der Waals surface area contributed by atoms with E-state index >= 15 is 0 Å². The van der Waals surface area contributed by atoms with Gasteiger partial charge in [0, 0.05) is 18.1 Å². The zero-order valence-electron chi connectivity index (χ0n) is 9.72. The molecule has 17 heavy (non-hydrogen) atoms. The van der Waals surface area contributed by atoms with E-state index in [2.05, 4.69) is 5.16 Å². The number of benzene rings is 1. The van der Waals surface area contributed by atoms with Crippen molar-refractivity contribution in [1.82, 2.24) is 5.16 Å². The van der Waals surface area contributed by atoms with Gasteiger partial charge in [-0.15, -0.1) is 0 Å². The van der Waals surface area contributed by atoms with Crippen LogP contribution in [0.3, 0.4) is 0 Å². The van der Waals surface area contributed by atoms with Crippen LogP contribution in [0.1, 0.15) is 12.7 Å². The number of nitrogens with zero attached hydrogens (tertiary/aromatic N) is 1. The summed E-state index contributed by atoms with van der Waals surface area (Å²) in [4.78, 5) is 0. The van der Waals surface area contributed by atoms with E-state index in [4.69, 9.17) is 14.4 Å². The third kappa shape index (κ3) is 2.85. The minimum atomic E-state index is 0.0674. The van der Waals surface area contributed by atoms with Crippen molar-refractivity contribution in [3.8, 4) is 17.0 Å². The maximum absolute atomic E-state index is 8.79. The normalized spacial score (nSPS) is 10.5. The average molecular weight is 233 g/mol. The predicted octanol–water partition coefficient (Wildman–Crippen LogP) is 2.28. The number of hydrogen-bond donors (Lipinski definition) is 1. The minimum Gasteiger partial charge on any atom is -0.494 e. The molecule has 0 saturated carbocycles. The summed E-state index contributed by atoms with van der Waals surface area (Å²) in [5, 5.41) is 12.7. The zero-order chi connectivity index (χ0) is 12.1. The summed E-state index contributed by atoms with van der Waals surface area (Å²) >= 11 is 0. The van der Waals surface area contributed by atoms with Gasteiger partial charge in [-0.1, -0.05) is 5.16 Å². The highest BCUT2D eigenvalue weighted by atomic mass is 16.5. The summed E-state index contributed by atoms with van der Waals surface area (Å²) in [6.07, 6.45) is 0.490. The van der Waals surface area contributed by atoms with Crippen LogP contribution in [0.2, 0.25) is 0 Å². The minimum absolute atomic E-state index is 0.0674. The second-order valence-corrected chi connectivity index (χ2v) is 3.61. The molecular formula is C13H15NO3. The smallest absolute Gasteiger partial charge is 0.139 e. The quantitative estimate of drug-likeness (QED) is 0.860. The highest BCUT2D eigenvalue weighted by Gasteiger charge is 2.06. The van der Waals surface area contributed by atoms with Crippen molar-refractivity contribution < 1.29 is 14.4 Å². The van der Waals surface area contributed by atoms with Gasteiger partial charge in [-0.3, -0.25) is 0 Å². The van der Waals surface area contributed by atoms with Crippen LogP contribution < -0.4 is 4.74 Å². The molecule has 0 bridgehead atoms. The van der Waals surface area contributed by atoms with Crippen molar-refractivity contribution in [2.45, 2.75) is 13.3 Å². The Balaban J connectivity index is 2.15. The molecule has 0 aliphatic rings. The molecule has 0 spiro atoms. The molecule has 0 saturated heterocycles. The van der Waals surface area contributed by atoms with Crippen molar-refractivity contribution in [3.05, 3.63) is 36.1 Å². The molecule has 0 amide bonds. The van der Waals surface area contributed by atoms with E-state index in [1.165, 1.54) is 0 Å². The molecule has 4 nitrogen and oxygen atoms in total. The molecule has 90 valence electrons. The molecule has 0 radical (unpaired) electrons.